The van der Waals surface area contributed by atoms with Gasteiger partial charge in [0.15, 0.2) is 0 Å². The fourth-order valence-corrected chi connectivity index (χ4v) is 14.3. The van der Waals surface area contributed by atoms with Crippen molar-refractivity contribution in [1.82, 2.24) is 0 Å². The van der Waals surface area contributed by atoms with Gasteiger partial charge in [-0.25, -0.2) is 0 Å². The lowest BCUT2D eigenvalue weighted by atomic mass is 9.79. The highest BCUT2D eigenvalue weighted by atomic mass is 14.4. The molecule has 346 valence electrons. The lowest BCUT2D eigenvalue weighted by molar-refractivity contribution is 0.660. The minimum Gasteiger partial charge on any atom is -0.0619 e. The van der Waals surface area contributed by atoms with E-state index in [4.69, 9.17) is 0 Å². The number of fused-ring (bicyclic) bond motifs is 13. The Bertz CT molecular complexity index is 4340. The predicted octanol–water partition coefficient (Wildman–Crippen LogP) is 19.9. The van der Waals surface area contributed by atoms with Crippen LogP contribution in [0.3, 0.4) is 0 Å². The van der Waals surface area contributed by atoms with E-state index >= 15 is 0 Å². The molecule has 15 rings (SSSR count). The highest BCUT2D eigenvalue weighted by Crippen LogP contribution is 2.56. The maximum Gasteiger partial charge on any atom is 0.0159 e. The summed E-state index contributed by atoms with van der Waals surface area (Å²) in [6.07, 6.45) is 0. The molecule has 0 amide bonds. The molecule has 0 nitrogen and oxygen atoms in total. The zero-order valence-corrected chi connectivity index (χ0v) is 42.3. The Hall–Kier alpha value is -8.32. The predicted molar refractivity (Wildman–Crippen MR) is 311 cm³/mol. The van der Waals surface area contributed by atoms with E-state index in [1.54, 1.807) is 0 Å². The van der Waals surface area contributed by atoms with Crippen molar-refractivity contribution in [2.45, 2.75) is 57.8 Å². The van der Waals surface area contributed by atoms with E-state index in [-0.39, 0.29) is 16.2 Å². The average Bonchev–Trinajstić information content (AvgIpc) is 3.91. The van der Waals surface area contributed by atoms with Crippen molar-refractivity contribution in [2.75, 3.05) is 0 Å². The summed E-state index contributed by atoms with van der Waals surface area (Å²) in [7, 11) is 0. The Morgan fingerprint density at radius 1 is 0.192 bits per heavy atom. The largest absolute Gasteiger partial charge is 0.0619 e. The van der Waals surface area contributed by atoms with Crippen LogP contribution in [0.25, 0.3) is 121 Å². The molecule has 3 aliphatic carbocycles. The Morgan fingerprint density at radius 2 is 0.425 bits per heavy atom. The van der Waals surface area contributed by atoms with Crippen molar-refractivity contribution in [3.05, 3.63) is 252 Å². The molecule has 0 spiro atoms. The number of hydrogen-bond donors (Lipinski definition) is 0. The van der Waals surface area contributed by atoms with Gasteiger partial charge in [-0.3, -0.25) is 0 Å². The van der Waals surface area contributed by atoms with Gasteiger partial charge in [-0.15, -0.1) is 0 Å². The SMILES string of the molecule is CC1(C)c2ccccc2-c2ccc(-c3c4ccccc4c(-c4ccc5c(-c6ccc7c(c6)C(C)(C)c6ccccc6-7)c6ccccc6c(-c6ccc7c(c6)C(C)(C)c6ccccc6-7)c5c4)c4ccccc34)cc21. The highest BCUT2D eigenvalue weighted by Gasteiger charge is 2.38. The Balaban J connectivity index is 1.01. The fourth-order valence-electron chi connectivity index (χ4n) is 14.3. The van der Waals surface area contributed by atoms with Crippen LogP contribution < -0.4 is 0 Å². The van der Waals surface area contributed by atoms with Crippen molar-refractivity contribution in [3.63, 3.8) is 0 Å². The van der Waals surface area contributed by atoms with E-state index in [0.717, 1.165) is 0 Å². The quantitative estimate of drug-likeness (QED) is 0.154. The molecule has 0 unspecified atom stereocenters. The second-order valence-corrected chi connectivity index (χ2v) is 22.7. The summed E-state index contributed by atoms with van der Waals surface area (Å²) in [5.41, 5.74) is 26.2. The topological polar surface area (TPSA) is 0 Å². The zero-order chi connectivity index (χ0) is 49.1. The first-order chi connectivity index (χ1) is 35.5. The van der Waals surface area contributed by atoms with E-state index in [1.807, 2.05) is 0 Å². The summed E-state index contributed by atoms with van der Waals surface area (Å²) in [6, 6.07) is 83.7. The zero-order valence-electron chi connectivity index (χ0n) is 42.3. The standard InChI is InChI=1S/C73H54/c1-71(2)61-28-16-13-19-47(61)50-35-31-44(40-64(50)71)68-55-24-9-7-22-53(55)67(54-23-8-10-25-56(54)68)43-34-38-59-60(39-43)70(46-33-37-52-49-21-15-18-30-63(49)73(5,6)66(52)42-46)58-27-12-11-26-57(58)69(59)45-32-36-51-48-20-14-17-29-62(48)72(3,4)65(51)41-45/h7-42H,1-6H3. The van der Waals surface area contributed by atoms with Gasteiger partial charge in [0, 0.05) is 16.2 Å². The van der Waals surface area contributed by atoms with Crippen molar-refractivity contribution >= 4 is 43.1 Å². The van der Waals surface area contributed by atoms with Crippen LogP contribution in [0.1, 0.15) is 74.9 Å². The number of rotatable bonds is 4. The maximum absolute atomic E-state index is 2.55. The maximum atomic E-state index is 2.55. The third kappa shape index (κ3) is 5.73. The second kappa shape index (κ2) is 14.9. The van der Waals surface area contributed by atoms with Crippen molar-refractivity contribution in [3.8, 4) is 77.9 Å². The summed E-state index contributed by atoms with van der Waals surface area (Å²) < 4.78 is 0. The van der Waals surface area contributed by atoms with Gasteiger partial charge in [0.05, 0.1) is 0 Å². The van der Waals surface area contributed by atoms with E-state index < -0.39 is 0 Å². The molecule has 0 saturated heterocycles. The molecule has 0 radical (unpaired) electrons. The molecule has 0 heteroatoms. The van der Waals surface area contributed by atoms with Crippen LogP contribution in [0.5, 0.6) is 0 Å². The minimum atomic E-state index is -0.133. The third-order valence-electron chi connectivity index (χ3n) is 17.9. The highest BCUT2D eigenvalue weighted by molar-refractivity contribution is 6.25. The lowest BCUT2D eigenvalue weighted by Crippen LogP contribution is -2.15. The van der Waals surface area contributed by atoms with Gasteiger partial charge in [0.2, 0.25) is 0 Å². The van der Waals surface area contributed by atoms with Crippen molar-refractivity contribution in [1.29, 1.82) is 0 Å². The Kier molecular flexibility index (Phi) is 8.63. The first-order valence-electron chi connectivity index (χ1n) is 26.2. The lowest BCUT2D eigenvalue weighted by Gasteiger charge is -2.24. The number of benzene rings is 12. The van der Waals surface area contributed by atoms with E-state index in [9.17, 15) is 0 Å². The molecule has 12 aromatic rings. The summed E-state index contributed by atoms with van der Waals surface area (Å²) in [5, 5.41) is 10.1. The van der Waals surface area contributed by atoms with Crippen LogP contribution in [-0.4, -0.2) is 0 Å². The fraction of sp³-hybridized carbons (Fsp3) is 0.123. The van der Waals surface area contributed by atoms with Gasteiger partial charge in [0.1, 0.15) is 0 Å². The number of hydrogen-bond acceptors (Lipinski definition) is 0. The molecular weight excluding hydrogens is 877 g/mol. The van der Waals surface area contributed by atoms with Crippen LogP contribution in [0.15, 0.2) is 218 Å². The van der Waals surface area contributed by atoms with Gasteiger partial charge < -0.3 is 0 Å². The molecule has 12 aromatic carbocycles. The summed E-state index contributed by atoms with van der Waals surface area (Å²) in [5.74, 6) is 0. The molecule has 0 atom stereocenters. The van der Waals surface area contributed by atoms with E-state index in [0.29, 0.717) is 0 Å². The van der Waals surface area contributed by atoms with Crippen LogP contribution in [0.4, 0.5) is 0 Å². The van der Waals surface area contributed by atoms with Gasteiger partial charge in [-0.05, 0) is 179 Å². The van der Waals surface area contributed by atoms with Crippen molar-refractivity contribution in [2.24, 2.45) is 0 Å². The molecule has 0 aromatic heterocycles. The molecule has 0 N–H and O–H groups in total. The van der Waals surface area contributed by atoms with E-state index in [1.165, 1.54) is 154 Å². The normalized spacial score (nSPS) is 15.0. The van der Waals surface area contributed by atoms with Gasteiger partial charge >= 0.3 is 0 Å². The molecule has 0 saturated carbocycles. The van der Waals surface area contributed by atoms with Crippen LogP contribution in [0, 0.1) is 0 Å². The second-order valence-electron chi connectivity index (χ2n) is 22.7. The molecule has 0 aliphatic heterocycles. The molecule has 73 heavy (non-hydrogen) atoms. The van der Waals surface area contributed by atoms with Gasteiger partial charge in [-0.2, -0.15) is 0 Å². The summed E-state index contributed by atoms with van der Waals surface area (Å²) in [4.78, 5) is 0. The van der Waals surface area contributed by atoms with Gasteiger partial charge in [0.25, 0.3) is 0 Å². The Morgan fingerprint density at radius 3 is 0.753 bits per heavy atom. The van der Waals surface area contributed by atoms with Crippen LogP contribution >= 0.6 is 0 Å². The Labute approximate surface area is 428 Å². The first kappa shape index (κ1) is 42.4. The monoisotopic (exact) mass is 930 g/mol. The molecule has 0 fully saturated rings. The first-order valence-corrected chi connectivity index (χ1v) is 26.2. The molecule has 0 bridgehead atoms. The summed E-state index contributed by atoms with van der Waals surface area (Å²) >= 11 is 0. The molecule has 0 heterocycles. The van der Waals surface area contributed by atoms with Crippen LogP contribution in [-0.2, 0) is 16.2 Å². The molecular formula is C73H54. The minimum absolute atomic E-state index is 0.0983. The van der Waals surface area contributed by atoms with E-state index in [2.05, 4.69) is 260 Å². The summed E-state index contributed by atoms with van der Waals surface area (Å²) in [6.45, 7) is 14.4. The third-order valence-corrected chi connectivity index (χ3v) is 17.9. The van der Waals surface area contributed by atoms with Gasteiger partial charge in [-0.1, -0.05) is 236 Å². The van der Waals surface area contributed by atoms with Crippen LogP contribution in [0.2, 0.25) is 0 Å². The average molecular weight is 931 g/mol. The smallest absolute Gasteiger partial charge is 0.0159 e. The molecule has 3 aliphatic rings. The van der Waals surface area contributed by atoms with Crippen molar-refractivity contribution < 1.29 is 0 Å².